The summed E-state index contributed by atoms with van der Waals surface area (Å²) in [4.78, 5) is 0. The first-order chi connectivity index (χ1) is 7.56. The van der Waals surface area contributed by atoms with Crippen LogP contribution in [0.1, 0.15) is 49.7 Å². The van der Waals surface area contributed by atoms with Crippen LogP contribution in [-0.4, -0.2) is 16.8 Å². The minimum absolute atomic E-state index is 0.434. The molecule has 0 aliphatic rings. The highest BCUT2D eigenvalue weighted by Gasteiger charge is 2.24. The maximum atomic E-state index is 4.51. The van der Waals surface area contributed by atoms with Gasteiger partial charge in [0.25, 0.3) is 0 Å². The van der Waals surface area contributed by atoms with E-state index in [0.717, 1.165) is 5.69 Å². The zero-order valence-electron chi connectivity index (χ0n) is 11.5. The van der Waals surface area contributed by atoms with E-state index in [1.165, 1.54) is 24.1 Å². The molecule has 1 atom stereocenters. The largest absolute Gasteiger partial charge is 0.313 e. The van der Waals surface area contributed by atoms with Gasteiger partial charge in [-0.1, -0.05) is 26.7 Å². The van der Waals surface area contributed by atoms with Crippen molar-refractivity contribution < 1.29 is 0 Å². The van der Waals surface area contributed by atoms with Gasteiger partial charge in [-0.25, -0.2) is 0 Å². The predicted molar refractivity (Wildman–Crippen MR) is 68.6 cm³/mol. The molecule has 1 unspecified atom stereocenters. The molecule has 0 saturated carbocycles. The Bertz CT molecular complexity index is 337. The molecule has 1 aromatic heterocycles. The van der Waals surface area contributed by atoms with E-state index in [4.69, 9.17) is 0 Å². The Morgan fingerprint density at radius 1 is 1.25 bits per heavy atom. The second-order valence-corrected chi connectivity index (χ2v) is 4.55. The van der Waals surface area contributed by atoms with Crippen molar-refractivity contribution in [2.75, 3.05) is 7.05 Å². The molecule has 1 heterocycles. The zero-order chi connectivity index (χ0) is 12.3. The lowest BCUT2D eigenvalue weighted by Crippen LogP contribution is -2.25. The molecule has 0 fully saturated rings. The van der Waals surface area contributed by atoms with Crippen LogP contribution in [-0.2, 0) is 7.05 Å². The van der Waals surface area contributed by atoms with Crippen molar-refractivity contribution in [3.05, 3.63) is 17.0 Å². The number of rotatable bonds is 5. The zero-order valence-corrected chi connectivity index (χ0v) is 11.5. The number of aromatic nitrogens is 2. The van der Waals surface area contributed by atoms with Gasteiger partial charge in [0.1, 0.15) is 0 Å². The van der Waals surface area contributed by atoms with Crippen molar-refractivity contribution in [2.24, 2.45) is 13.0 Å². The standard InChI is InChI=1S/C13H25N3/c1-7-11(8-2)13(14-5)12-9(3)15-16(6)10(12)4/h11,13-14H,7-8H2,1-6H3. The Labute approximate surface area is 99.2 Å². The topological polar surface area (TPSA) is 29.9 Å². The van der Waals surface area contributed by atoms with Crippen LogP contribution in [0.3, 0.4) is 0 Å². The molecule has 0 aromatic carbocycles. The fourth-order valence-electron chi connectivity index (χ4n) is 2.62. The maximum absolute atomic E-state index is 4.51. The molecule has 1 aromatic rings. The molecule has 0 bridgehead atoms. The first-order valence-electron chi connectivity index (χ1n) is 6.24. The quantitative estimate of drug-likeness (QED) is 0.832. The van der Waals surface area contributed by atoms with Gasteiger partial charge in [-0.05, 0) is 26.8 Å². The van der Waals surface area contributed by atoms with E-state index in [2.05, 4.69) is 45.2 Å². The van der Waals surface area contributed by atoms with Crippen molar-refractivity contribution in [1.82, 2.24) is 15.1 Å². The van der Waals surface area contributed by atoms with Crippen molar-refractivity contribution >= 4 is 0 Å². The second kappa shape index (κ2) is 5.48. The summed E-state index contributed by atoms with van der Waals surface area (Å²) in [6, 6.07) is 0.434. The van der Waals surface area contributed by atoms with Crippen LogP contribution in [0, 0.1) is 19.8 Å². The SMILES string of the molecule is CCC(CC)C(NC)c1c(C)nn(C)c1C. The third kappa shape index (κ3) is 2.29. The molecular formula is C13H25N3. The summed E-state index contributed by atoms with van der Waals surface area (Å²) in [6.45, 7) is 8.79. The molecule has 0 saturated heterocycles. The molecule has 1 rings (SSSR count). The lowest BCUT2D eigenvalue weighted by Gasteiger charge is -2.25. The van der Waals surface area contributed by atoms with E-state index < -0.39 is 0 Å². The minimum atomic E-state index is 0.434. The summed E-state index contributed by atoms with van der Waals surface area (Å²) in [7, 11) is 4.07. The second-order valence-electron chi connectivity index (χ2n) is 4.55. The van der Waals surface area contributed by atoms with Gasteiger partial charge in [-0.15, -0.1) is 0 Å². The molecule has 0 spiro atoms. The highest BCUT2D eigenvalue weighted by molar-refractivity contribution is 5.28. The van der Waals surface area contributed by atoms with Crippen LogP contribution < -0.4 is 5.32 Å². The molecule has 1 N–H and O–H groups in total. The van der Waals surface area contributed by atoms with Gasteiger partial charge in [-0.2, -0.15) is 5.10 Å². The number of hydrogen-bond donors (Lipinski definition) is 1. The van der Waals surface area contributed by atoms with Gasteiger partial charge in [0.2, 0.25) is 0 Å². The normalized spacial score (nSPS) is 13.4. The van der Waals surface area contributed by atoms with Gasteiger partial charge < -0.3 is 5.32 Å². The van der Waals surface area contributed by atoms with E-state index in [-0.39, 0.29) is 0 Å². The maximum Gasteiger partial charge on any atom is 0.0644 e. The van der Waals surface area contributed by atoms with E-state index in [1.54, 1.807) is 0 Å². The smallest absolute Gasteiger partial charge is 0.0644 e. The molecule has 3 nitrogen and oxygen atoms in total. The molecule has 16 heavy (non-hydrogen) atoms. The molecule has 3 heteroatoms. The van der Waals surface area contributed by atoms with Crippen LogP contribution in [0.2, 0.25) is 0 Å². The summed E-state index contributed by atoms with van der Waals surface area (Å²) < 4.78 is 1.98. The predicted octanol–water partition coefficient (Wildman–Crippen LogP) is 2.73. The average molecular weight is 223 g/mol. The van der Waals surface area contributed by atoms with Crippen LogP contribution in [0.15, 0.2) is 0 Å². The Kier molecular flexibility index (Phi) is 4.54. The van der Waals surface area contributed by atoms with Gasteiger partial charge in [0.15, 0.2) is 0 Å². The molecule has 92 valence electrons. The summed E-state index contributed by atoms with van der Waals surface area (Å²) in [5.41, 5.74) is 3.83. The van der Waals surface area contributed by atoms with E-state index in [1.807, 2.05) is 11.7 Å². The third-order valence-electron chi connectivity index (χ3n) is 3.71. The van der Waals surface area contributed by atoms with Crippen molar-refractivity contribution in [3.8, 4) is 0 Å². The van der Waals surface area contributed by atoms with Crippen LogP contribution >= 0.6 is 0 Å². The Morgan fingerprint density at radius 3 is 2.12 bits per heavy atom. The van der Waals surface area contributed by atoms with Crippen molar-refractivity contribution in [1.29, 1.82) is 0 Å². The number of nitrogens with one attached hydrogen (secondary N) is 1. The fraction of sp³-hybridized carbons (Fsp3) is 0.769. The van der Waals surface area contributed by atoms with Crippen LogP contribution in [0.4, 0.5) is 0 Å². The molecule has 0 aliphatic carbocycles. The molecule has 0 aliphatic heterocycles. The first-order valence-corrected chi connectivity index (χ1v) is 6.24. The Balaban J connectivity index is 3.12. The summed E-state index contributed by atoms with van der Waals surface area (Å²) in [6.07, 6.45) is 2.41. The van der Waals surface area contributed by atoms with Crippen LogP contribution in [0.25, 0.3) is 0 Å². The lowest BCUT2D eigenvalue weighted by atomic mass is 9.88. The Hall–Kier alpha value is -0.830. The van der Waals surface area contributed by atoms with Crippen molar-refractivity contribution in [3.63, 3.8) is 0 Å². The number of nitrogens with zero attached hydrogens (tertiary/aromatic N) is 2. The van der Waals surface area contributed by atoms with Crippen LogP contribution in [0.5, 0.6) is 0 Å². The summed E-state index contributed by atoms with van der Waals surface area (Å²) in [5.74, 6) is 0.687. The molecule has 0 amide bonds. The van der Waals surface area contributed by atoms with Gasteiger partial charge in [0.05, 0.1) is 5.69 Å². The van der Waals surface area contributed by atoms with Gasteiger partial charge in [0, 0.05) is 24.3 Å². The summed E-state index contributed by atoms with van der Waals surface area (Å²) >= 11 is 0. The monoisotopic (exact) mass is 223 g/mol. The first kappa shape index (κ1) is 13.2. The van der Waals surface area contributed by atoms with Gasteiger partial charge in [-0.3, -0.25) is 4.68 Å². The Morgan fingerprint density at radius 2 is 1.81 bits per heavy atom. The van der Waals surface area contributed by atoms with Gasteiger partial charge >= 0.3 is 0 Å². The van der Waals surface area contributed by atoms with Crippen molar-refractivity contribution in [2.45, 2.75) is 46.6 Å². The molecular weight excluding hydrogens is 198 g/mol. The van der Waals surface area contributed by atoms with E-state index >= 15 is 0 Å². The highest BCUT2D eigenvalue weighted by atomic mass is 15.3. The fourth-order valence-corrected chi connectivity index (χ4v) is 2.62. The lowest BCUT2D eigenvalue weighted by molar-refractivity contribution is 0.357. The highest BCUT2D eigenvalue weighted by Crippen LogP contribution is 2.30. The van der Waals surface area contributed by atoms with E-state index in [0.29, 0.717) is 12.0 Å². The van der Waals surface area contributed by atoms with E-state index in [9.17, 15) is 0 Å². The molecule has 0 radical (unpaired) electrons. The third-order valence-corrected chi connectivity index (χ3v) is 3.71. The number of aryl methyl sites for hydroxylation is 2. The average Bonchev–Trinajstić information content (AvgIpc) is 2.51. The summed E-state index contributed by atoms with van der Waals surface area (Å²) in [5, 5.41) is 7.97. The minimum Gasteiger partial charge on any atom is -0.313 e. The number of hydrogen-bond acceptors (Lipinski definition) is 2.